The van der Waals surface area contributed by atoms with Gasteiger partial charge in [0.25, 0.3) is 0 Å². The summed E-state index contributed by atoms with van der Waals surface area (Å²) in [7, 11) is 0. The minimum Gasteiger partial charge on any atom is -0.251 e. The van der Waals surface area contributed by atoms with Gasteiger partial charge in [-0.25, -0.2) is 0 Å². The van der Waals surface area contributed by atoms with E-state index in [1.54, 1.807) is 0 Å². The summed E-state index contributed by atoms with van der Waals surface area (Å²) in [6.45, 7) is 6.36. The maximum absolute atomic E-state index is 4.15. The Morgan fingerprint density at radius 2 is 2.20 bits per heavy atom. The van der Waals surface area contributed by atoms with Crippen molar-refractivity contribution in [2.24, 2.45) is 0 Å². The number of hydrogen-bond donors (Lipinski definition) is 0. The van der Waals surface area contributed by atoms with E-state index in [4.69, 9.17) is 0 Å². The highest BCUT2D eigenvalue weighted by atomic mass is 14.7. The molecule has 0 aliphatic carbocycles. The topological polar surface area (TPSA) is 12.9 Å². The molecule has 0 spiro atoms. The maximum atomic E-state index is 4.15. The second-order valence-corrected chi connectivity index (χ2v) is 2.80. The lowest BCUT2D eigenvalue weighted by molar-refractivity contribution is 0.810. The Morgan fingerprint density at radius 1 is 1.50 bits per heavy atom. The highest BCUT2D eigenvalue weighted by Crippen LogP contribution is 2.14. The normalized spacial score (nSPS) is 10.4. The van der Waals surface area contributed by atoms with E-state index in [1.165, 1.54) is 5.56 Å². The van der Waals surface area contributed by atoms with Crippen molar-refractivity contribution >= 4 is 0 Å². The summed E-state index contributed by atoms with van der Waals surface area (Å²) in [5, 5.41) is 0. The number of hydrogen-bond acceptors (Lipinski definition) is 1. The maximum Gasteiger partial charge on any atom is 0.0889 e. The van der Waals surface area contributed by atoms with Crippen LogP contribution in [0.1, 0.15) is 31.0 Å². The van der Waals surface area contributed by atoms with Crippen molar-refractivity contribution in [2.45, 2.75) is 26.7 Å². The molecule has 1 radical (unpaired) electrons. The van der Waals surface area contributed by atoms with Crippen molar-refractivity contribution in [3.05, 3.63) is 29.6 Å². The molecule has 0 amide bonds. The number of aromatic nitrogens is 1. The standard InChI is InChI=1S/C9H12N/c1-7(2)9-8(3)5-4-6-10-9/h4-5,7H,1-3H3. The van der Waals surface area contributed by atoms with Crippen molar-refractivity contribution in [3.8, 4) is 0 Å². The third kappa shape index (κ3) is 1.35. The van der Waals surface area contributed by atoms with E-state index in [-0.39, 0.29) is 0 Å². The van der Waals surface area contributed by atoms with Crippen LogP contribution in [-0.4, -0.2) is 4.98 Å². The number of rotatable bonds is 1. The Morgan fingerprint density at radius 3 is 2.60 bits per heavy atom. The Labute approximate surface area is 62.1 Å². The molecule has 1 heterocycles. The average Bonchev–Trinajstić information content (AvgIpc) is 1.88. The molecule has 1 aromatic heterocycles. The molecule has 0 atom stereocenters. The average molecular weight is 134 g/mol. The molecule has 0 aliphatic rings. The summed E-state index contributed by atoms with van der Waals surface area (Å²) in [4.78, 5) is 4.15. The molecular formula is C9H12N. The highest BCUT2D eigenvalue weighted by molar-refractivity contribution is 5.19. The van der Waals surface area contributed by atoms with Gasteiger partial charge < -0.3 is 0 Å². The van der Waals surface area contributed by atoms with Crippen molar-refractivity contribution in [3.63, 3.8) is 0 Å². The first kappa shape index (κ1) is 7.26. The van der Waals surface area contributed by atoms with Gasteiger partial charge in [-0.05, 0) is 24.5 Å². The van der Waals surface area contributed by atoms with E-state index >= 15 is 0 Å². The zero-order chi connectivity index (χ0) is 7.56. The van der Waals surface area contributed by atoms with Crippen molar-refractivity contribution in [1.82, 2.24) is 4.98 Å². The SMILES string of the molecule is Cc1cc[c]nc1C(C)C. The van der Waals surface area contributed by atoms with E-state index in [9.17, 15) is 0 Å². The number of aryl methyl sites for hydroxylation is 1. The summed E-state index contributed by atoms with van der Waals surface area (Å²) in [6.07, 6.45) is 2.83. The van der Waals surface area contributed by atoms with Crippen LogP contribution in [0.5, 0.6) is 0 Å². The fourth-order valence-electron chi connectivity index (χ4n) is 1.03. The van der Waals surface area contributed by atoms with Crippen LogP contribution in [0.3, 0.4) is 0 Å². The quantitative estimate of drug-likeness (QED) is 0.574. The van der Waals surface area contributed by atoms with Gasteiger partial charge in [0.05, 0.1) is 6.20 Å². The van der Waals surface area contributed by atoms with E-state index in [0.717, 1.165) is 5.69 Å². The molecule has 0 saturated heterocycles. The zero-order valence-electron chi connectivity index (χ0n) is 6.68. The van der Waals surface area contributed by atoms with Gasteiger partial charge in [0.15, 0.2) is 0 Å². The van der Waals surface area contributed by atoms with Crippen LogP contribution in [0.4, 0.5) is 0 Å². The second kappa shape index (κ2) is 2.82. The van der Waals surface area contributed by atoms with E-state index in [2.05, 4.69) is 32.0 Å². The fraction of sp³-hybridized carbons (Fsp3) is 0.444. The fourth-order valence-corrected chi connectivity index (χ4v) is 1.03. The Kier molecular flexibility index (Phi) is 2.05. The van der Waals surface area contributed by atoms with Crippen LogP contribution in [0.25, 0.3) is 0 Å². The summed E-state index contributed by atoms with van der Waals surface area (Å²) < 4.78 is 0. The molecule has 1 aromatic rings. The van der Waals surface area contributed by atoms with Crippen LogP contribution in [0.15, 0.2) is 12.1 Å². The van der Waals surface area contributed by atoms with Crippen molar-refractivity contribution < 1.29 is 0 Å². The molecule has 10 heavy (non-hydrogen) atoms. The monoisotopic (exact) mass is 134 g/mol. The lowest BCUT2D eigenvalue weighted by atomic mass is 10.1. The van der Waals surface area contributed by atoms with Crippen molar-refractivity contribution in [2.75, 3.05) is 0 Å². The smallest absolute Gasteiger partial charge is 0.0889 e. The van der Waals surface area contributed by atoms with Gasteiger partial charge in [0.1, 0.15) is 0 Å². The predicted octanol–water partition coefficient (Wildman–Crippen LogP) is 2.31. The zero-order valence-corrected chi connectivity index (χ0v) is 6.68. The first-order valence-corrected chi connectivity index (χ1v) is 3.55. The van der Waals surface area contributed by atoms with Gasteiger partial charge in [0.2, 0.25) is 0 Å². The molecule has 0 N–H and O–H groups in total. The Bertz CT molecular complexity index is 216. The molecule has 0 fully saturated rings. The molecule has 0 aromatic carbocycles. The third-order valence-electron chi connectivity index (χ3n) is 1.54. The van der Waals surface area contributed by atoms with Crippen LogP contribution < -0.4 is 0 Å². The molecular weight excluding hydrogens is 122 g/mol. The van der Waals surface area contributed by atoms with Gasteiger partial charge in [-0.1, -0.05) is 19.9 Å². The lowest BCUT2D eigenvalue weighted by Crippen LogP contribution is -1.94. The second-order valence-electron chi connectivity index (χ2n) is 2.80. The van der Waals surface area contributed by atoms with Crippen molar-refractivity contribution in [1.29, 1.82) is 0 Å². The molecule has 0 aliphatic heterocycles. The van der Waals surface area contributed by atoms with Crippen LogP contribution in [0, 0.1) is 13.1 Å². The summed E-state index contributed by atoms with van der Waals surface area (Å²) in [6, 6.07) is 3.89. The van der Waals surface area contributed by atoms with Crippen LogP contribution in [0.2, 0.25) is 0 Å². The van der Waals surface area contributed by atoms with Gasteiger partial charge in [-0.15, -0.1) is 0 Å². The molecule has 0 bridgehead atoms. The number of pyridine rings is 1. The van der Waals surface area contributed by atoms with Gasteiger partial charge in [0, 0.05) is 5.69 Å². The minimum absolute atomic E-state index is 0.512. The molecule has 1 nitrogen and oxygen atoms in total. The summed E-state index contributed by atoms with van der Waals surface area (Å²) in [5.74, 6) is 0.512. The summed E-state index contributed by atoms with van der Waals surface area (Å²) >= 11 is 0. The Hall–Kier alpha value is -0.850. The molecule has 1 heteroatoms. The van der Waals surface area contributed by atoms with E-state index in [0.29, 0.717) is 5.92 Å². The minimum atomic E-state index is 0.512. The highest BCUT2D eigenvalue weighted by Gasteiger charge is 2.01. The van der Waals surface area contributed by atoms with E-state index in [1.807, 2.05) is 12.1 Å². The predicted molar refractivity (Wildman–Crippen MR) is 41.9 cm³/mol. The molecule has 1 rings (SSSR count). The molecule has 53 valence electrons. The van der Waals surface area contributed by atoms with Crippen LogP contribution >= 0.6 is 0 Å². The summed E-state index contributed by atoms with van der Waals surface area (Å²) in [5.41, 5.74) is 2.41. The van der Waals surface area contributed by atoms with Gasteiger partial charge >= 0.3 is 0 Å². The third-order valence-corrected chi connectivity index (χ3v) is 1.54. The van der Waals surface area contributed by atoms with Crippen LogP contribution in [-0.2, 0) is 0 Å². The largest absolute Gasteiger partial charge is 0.251 e. The number of nitrogens with zero attached hydrogens (tertiary/aromatic N) is 1. The first-order valence-electron chi connectivity index (χ1n) is 3.55. The lowest BCUT2D eigenvalue weighted by Gasteiger charge is -2.05. The molecule has 0 unspecified atom stereocenters. The first-order chi connectivity index (χ1) is 4.72. The van der Waals surface area contributed by atoms with Gasteiger partial charge in [-0.3, -0.25) is 4.98 Å². The van der Waals surface area contributed by atoms with E-state index < -0.39 is 0 Å². The molecule has 0 saturated carbocycles. The Balaban J connectivity index is 3.03. The van der Waals surface area contributed by atoms with Gasteiger partial charge in [-0.2, -0.15) is 0 Å².